The van der Waals surface area contributed by atoms with Crippen molar-refractivity contribution in [1.29, 1.82) is 0 Å². The molecule has 0 heterocycles. The zero-order valence-electron chi connectivity index (χ0n) is 17.7. The molecule has 7 nitrogen and oxygen atoms in total. The maximum absolute atomic E-state index is 11.9. The molecule has 0 fully saturated rings. The average molecular weight is 401 g/mol. The van der Waals surface area contributed by atoms with Crippen molar-refractivity contribution in [2.45, 2.75) is 76.7 Å². The first-order chi connectivity index (χ1) is 13.1. The van der Waals surface area contributed by atoms with E-state index in [9.17, 15) is 14.4 Å². The number of aliphatic carboxylic acids is 2. The fraction of sp³-hybridized carbons (Fsp3) is 0.762. The molecule has 162 valence electrons. The van der Waals surface area contributed by atoms with E-state index >= 15 is 0 Å². The molecular weight excluding hydrogens is 362 g/mol. The maximum Gasteiger partial charge on any atom is 0.307 e. The van der Waals surface area contributed by atoms with Gasteiger partial charge in [-0.3, -0.25) is 14.4 Å². The number of esters is 1. The summed E-state index contributed by atoms with van der Waals surface area (Å²) in [7, 11) is 5.80. The van der Waals surface area contributed by atoms with Crippen LogP contribution < -0.4 is 0 Å². The fourth-order valence-electron chi connectivity index (χ4n) is 2.88. The third-order valence-electron chi connectivity index (χ3n) is 4.14. The summed E-state index contributed by atoms with van der Waals surface area (Å²) in [6.45, 7) is 0.462. The van der Waals surface area contributed by atoms with Crippen LogP contribution >= 0.6 is 0 Å². The molecule has 0 aromatic rings. The number of hydrogen-bond acceptors (Lipinski definition) is 4. The van der Waals surface area contributed by atoms with E-state index in [1.165, 1.54) is 0 Å². The minimum atomic E-state index is -0.965. The average Bonchev–Trinajstić information content (AvgIpc) is 2.53. The molecule has 0 amide bonds. The predicted molar refractivity (Wildman–Crippen MR) is 108 cm³/mol. The van der Waals surface area contributed by atoms with Crippen molar-refractivity contribution in [3.63, 3.8) is 0 Å². The van der Waals surface area contributed by atoms with Crippen LogP contribution in [-0.2, 0) is 19.1 Å². The Labute approximate surface area is 169 Å². The van der Waals surface area contributed by atoms with E-state index in [-0.39, 0.29) is 25.2 Å². The zero-order valence-corrected chi connectivity index (χ0v) is 17.7. The van der Waals surface area contributed by atoms with Crippen LogP contribution in [0, 0.1) is 0 Å². The molecule has 1 unspecified atom stereocenters. The molecule has 28 heavy (non-hydrogen) atoms. The summed E-state index contributed by atoms with van der Waals surface area (Å²) in [5.74, 6) is -2.04. The lowest BCUT2D eigenvalue weighted by molar-refractivity contribution is -0.873. The van der Waals surface area contributed by atoms with Gasteiger partial charge in [-0.1, -0.05) is 37.8 Å². The van der Waals surface area contributed by atoms with Crippen molar-refractivity contribution in [2.24, 2.45) is 0 Å². The van der Waals surface area contributed by atoms with Crippen LogP contribution in [0.3, 0.4) is 0 Å². The molecule has 0 spiro atoms. The van der Waals surface area contributed by atoms with Gasteiger partial charge >= 0.3 is 17.9 Å². The summed E-state index contributed by atoms with van der Waals surface area (Å²) in [5, 5.41) is 17.5. The van der Waals surface area contributed by atoms with Crippen LogP contribution in [0.25, 0.3) is 0 Å². The number of nitrogens with zero attached hydrogens (tertiary/aromatic N) is 1. The van der Waals surface area contributed by atoms with Gasteiger partial charge in [0.25, 0.3) is 0 Å². The number of carboxylic acids is 2. The number of ether oxygens (including phenoxy) is 1. The molecule has 0 aromatic heterocycles. The summed E-state index contributed by atoms with van der Waals surface area (Å²) < 4.78 is 5.87. The molecule has 0 radical (unpaired) electrons. The van der Waals surface area contributed by atoms with E-state index in [0.29, 0.717) is 17.4 Å². The van der Waals surface area contributed by atoms with Gasteiger partial charge in [0.15, 0.2) is 6.10 Å². The Bertz CT molecular complexity index is 496. The van der Waals surface area contributed by atoms with Gasteiger partial charge in [0, 0.05) is 12.8 Å². The Hall–Kier alpha value is -1.89. The lowest BCUT2D eigenvalue weighted by Crippen LogP contribution is -2.43. The Morgan fingerprint density at radius 1 is 0.821 bits per heavy atom. The van der Waals surface area contributed by atoms with Gasteiger partial charge in [0.2, 0.25) is 0 Å². The largest absolute Gasteiger partial charge is 0.481 e. The summed E-state index contributed by atoms with van der Waals surface area (Å²) >= 11 is 0. The summed E-state index contributed by atoms with van der Waals surface area (Å²) in [6.07, 6.45) is 11.5. The minimum Gasteiger partial charge on any atom is -0.481 e. The molecule has 0 aliphatic carbocycles. The Morgan fingerprint density at radius 3 is 1.96 bits per heavy atom. The van der Waals surface area contributed by atoms with Gasteiger partial charge < -0.3 is 19.4 Å². The number of carboxylic acid groups (broad SMARTS) is 2. The second-order valence-corrected chi connectivity index (χ2v) is 8.25. The second kappa shape index (κ2) is 15.1. The van der Waals surface area contributed by atoms with Crippen LogP contribution in [0.2, 0.25) is 0 Å². The molecule has 1 atom stereocenters. The van der Waals surface area contributed by atoms with Crippen molar-refractivity contribution in [2.75, 3.05) is 27.7 Å². The van der Waals surface area contributed by atoms with E-state index in [1.54, 1.807) is 0 Å². The molecule has 0 aliphatic rings. The van der Waals surface area contributed by atoms with Gasteiger partial charge in [-0.05, 0) is 25.7 Å². The van der Waals surface area contributed by atoms with Crippen LogP contribution in [0.5, 0.6) is 0 Å². The van der Waals surface area contributed by atoms with Crippen molar-refractivity contribution in [3.05, 3.63) is 12.2 Å². The first kappa shape index (κ1) is 26.1. The van der Waals surface area contributed by atoms with Crippen molar-refractivity contribution < 1.29 is 33.8 Å². The van der Waals surface area contributed by atoms with Crippen molar-refractivity contribution in [1.82, 2.24) is 0 Å². The predicted octanol–water partition coefficient (Wildman–Crippen LogP) is 3.62. The highest BCUT2D eigenvalue weighted by Crippen LogP contribution is 2.10. The van der Waals surface area contributed by atoms with Gasteiger partial charge in [0.1, 0.15) is 6.54 Å². The molecule has 0 aliphatic heterocycles. The lowest BCUT2D eigenvalue weighted by atomic mass is 10.1. The zero-order chi connectivity index (χ0) is 21.4. The molecule has 0 rings (SSSR count). The maximum atomic E-state index is 11.9. The lowest BCUT2D eigenvalue weighted by Gasteiger charge is -2.28. The molecule has 2 N–H and O–H groups in total. The number of carbonyl (C=O) groups excluding carboxylic acids is 1. The van der Waals surface area contributed by atoms with E-state index in [1.807, 2.05) is 27.2 Å². The van der Waals surface area contributed by atoms with E-state index in [2.05, 4.69) is 6.08 Å². The summed E-state index contributed by atoms with van der Waals surface area (Å²) in [6, 6.07) is 0. The van der Waals surface area contributed by atoms with Gasteiger partial charge in [-0.15, -0.1) is 0 Å². The first-order valence-corrected chi connectivity index (χ1v) is 10.2. The Balaban J connectivity index is 3.80. The Morgan fingerprint density at radius 2 is 1.39 bits per heavy atom. The first-order valence-electron chi connectivity index (χ1n) is 10.2. The summed E-state index contributed by atoms with van der Waals surface area (Å²) in [5.41, 5.74) is 0. The Kier molecular flexibility index (Phi) is 14.1. The van der Waals surface area contributed by atoms with Crippen LogP contribution in [-0.4, -0.2) is 66.4 Å². The van der Waals surface area contributed by atoms with E-state index in [0.717, 1.165) is 44.9 Å². The highest BCUT2D eigenvalue weighted by atomic mass is 16.5. The standard InChI is InChI=1S/C21H37NO6/c1-22(2,3)17-18(16-20(25)26)28-21(27)15-13-11-9-7-5-4-6-8-10-12-14-19(23)24/h9,11,18H,4-8,10,12-17H2,1-3H3,(H-,23,24,25,26)/p+1/b11-9+. The third-order valence-corrected chi connectivity index (χ3v) is 4.14. The third kappa shape index (κ3) is 18.9. The number of allylic oxidation sites excluding steroid dienone is 2. The topological polar surface area (TPSA) is 101 Å². The normalized spacial score (nSPS) is 12.8. The SMILES string of the molecule is C[N+](C)(C)CC(CC(=O)O)OC(=O)CC/C=C/CCCCCCCCC(=O)O. The number of rotatable bonds is 17. The molecule has 7 heteroatoms. The van der Waals surface area contributed by atoms with Crippen molar-refractivity contribution >= 4 is 17.9 Å². The number of hydrogen-bond donors (Lipinski definition) is 2. The van der Waals surface area contributed by atoms with Gasteiger partial charge in [-0.2, -0.15) is 0 Å². The second-order valence-electron chi connectivity index (χ2n) is 8.25. The smallest absolute Gasteiger partial charge is 0.307 e. The van der Waals surface area contributed by atoms with E-state index in [4.69, 9.17) is 14.9 Å². The highest BCUT2D eigenvalue weighted by molar-refractivity contribution is 5.71. The van der Waals surface area contributed by atoms with Crippen LogP contribution in [0.1, 0.15) is 70.6 Å². The molecular formula is C21H38NO6+. The summed E-state index contributed by atoms with van der Waals surface area (Å²) in [4.78, 5) is 33.3. The van der Waals surface area contributed by atoms with Gasteiger partial charge in [-0.25, -0.2) is 0 Å². The van der Waals surface area contributed by atoms with Crippen LogP contribution in [0.4, 0.5) is 0 Å². The monoisotopic (exact) mass is 400 g/mol. The number of likely N-dealkylation sites (N-methyl/N-ethyl adjacent to an activating group) is 1. The molecule has 0 bridgehead atoms. The van der Waals surface area contributed by atoms with E-state index < -0.39 is 18.0 Å². The van der Waals surface area contributed by atoms with Crippen molar-refractivity contribution in [3.8, 4) is 0 Å². The fourth-order valence-corrected chi connectivity index (χ4v) is 2.88. The number of quaternary nitrogens is 1. The molecule has 0 aromatic carbocycles. The molecule has 0 saturated carbocycles. The number of carbonyl (C=O) groups is 3. The highest BCUT2D eigenvalue weighted by Gasteiger charge is 2.24. The van der Waals surface area contributed by atoms with Gasteiger partial charge in [0.05, 0.1) is 27.6 Å². The minimum absolute atomic E-state index is 0.173. The van der Waals surface area contributed by atoms with Crippen LogP contribution in [0.15, 0.2) is 12.2 Å². The number of unbranched alkanes of at least 4 members (excludes halogenated alkanes) is 6. The molecule has 0 saturated heterocycles. The quantitative estimate of drug-likeness (QED) is 0.167.